The molecule has 1 aromatic carbocycles. The first-order chi connectivity index (χ1) is 8.87. The number of nitrogens with zero attached hydrogens (tertiary/aromatic N) is 2. The van der Waals surface area contributed by atoms with Crippen molar-refractivity contribution in [3.05, 3.63) is 40.4 Å². The smallest absolute Gasteiger partial charge is 0.209 e. The van der Waals surface area contributed by atoms with E-state index in [0.29, 0.717) is 5.02 Å². The van der Waals surface area contributed by atoms with Gasteiger partial charge in [0.2, 0.25) is 9.84 Å². The van der Waals surface area contributed by atoms with E-state index in [4.69, 9.17) is 11.6 Å². The van der Waals surface area contributed by atoms with Crippen molar-refractivity contribution in [2.75, 3.05) is 21.2 Å². The second kappa shape index (κ2) is 6.58. The Bertz CT molecular complexity index is 577. The van der Waals surface area contributed by atoms with E-state index in [2.05, 4.69) is 9.99 Å². The van der Waals surface area contributed by atoms with Crippen LogP contribution in [-0.2, 0) is 14.7 Å². The molecule has 0 saturated heterocycles. The van der Waals surface area contributed by atoms with Crippen molar-refractivity contribution in [2.45, 2.75) is 4.90 Å². The summed E-state index contributed by atoms with van der Waals surface area (Å²) >= 11 is 5.75. The first-order valence-electron chi connectivity index (χ1n) is 5.33. The van der Waals surface area contributed by atoms with Crippen LogP contribution in [0.5, 0.6) is 0 Å². The summed E-state index contributed by atoms with van der Waals surface area (Å²) in [6.07, 6.45) is 2.61. The van der Waals surface area contributed by atoms with Crippen molar-refractivity contribution in [1.29, 1.82) is 0 Å². The standard InChI is InChI=1S/C12H15ClN2O3S/c1-15(2)9-12(8-14-18-3)19(16,17)11-6-4-10(13)5-7-11/h4-9H,1-3H3/b12-9+,14-8-. The van der Waals surface area contributed by atoms with Crippen LogP contribution in [0.3, 0.4) is 0 Å². The lowest BCUT2D eigenvalue weighted by atomic mass is 10.4. The highest BCUT2D eigenvalue weighted by Gasteiger charge is 2.19. The van der Waals surface area contributed by atoms with Crippen LogP contribution in [0.25, 0.3) is 0 Å². The molecule has 0 atom stereocenters. The molecule has 0 aliphatic rings. The number of allylic oxidation sites excluding steroid dienone is 1. The van der Waals surface area contributed by atoms with Crippen molar-refractivity contribution in [1.82, 2.24) is 4.90 Å². The maximum absolute atomic E-state index is 12.4. The number of rotatable bonds is 5. The molecule has 0 heterocycles. The number of hydrogen-bond donors (Lipinski definition) is 0. The van der Waals surface area contributed by atoms with Crippen molar-refractivity contribution in [2.24, 2.45) is 5.16 Å². The lowest BCUT2D eigenvalue weighted by Gasteiger charge is -2.09. The minimum Gasteiger partial charge on any atom is -0.399 e. The Kier molecular flexibility index (Phi) is 5.38. The Morgan fingerprint density at radius 1 is 1.32 bits per heavy atom. The molecule has 19 heavy (non-hydrogen) atoms. The zero-order chi connectivity index (χ0) is 14.5. The van der Waals surface area contributed by atoms with Gasteiger partial charge in [-0.25, -0.2) is 8.42 Å². The van der Waals surface area contributed by atoms with Gasteiger partial charge in [0.1, 0.15) is 12.0 Å². The third-order valence-electron chi connectivity index (χ3n) is 2.11. The maximum Gasteiger partial charge on any atom is 0.209 e. The van der Waals surface area contributed by atoms with Gasteiger partial charge >= 0.3 is 0 Å². The van der Waals surface area contributed by atoms with Gasteiger partial charge in [-0.05, 0) is 24.3 Å². The first-order valence-corrected chi connectivity index (χ1v) is 7.19. The lowest BCUT2D eigenvalue weighted by Crippen LogP contribution is -2.11. The minimum atomic E-state index is -3.65. The molecule has 7 heteroatoms. The topological polar surface area (TPSA) is 59.0 Å². The zero-order valence-electron chi connectivity index (χ0n) is 10.9. The van der Waals surface area contributed by atoms with Gasteiger partial charge in [0.05, 0.1) is 11.1 Å². The second-order valence-corrected chi connectivity index (χ2v) is 6.26. The molecule has 0 amide bonds. The molecule has 0 spiro atoms. The normalized spacial score (nSPS) is 12.7. The average Bonchev–Trinajstić information content (AvgIpc) is 2.34. The summed E-state index contributed by atoms with van der Waals surface area (Å²) in [5.41, 5.74) is 0. The second-order valence-electron chi connectivity index (χ2n) is 3.87. The van der Waals surface area contributed by atoms with Gasteiger partial charge < -0.3 is 9.74 Å². The van der Waals surface area contributed by atoms with Gasteiger partial charge in [0.25, 0.3) is 0 Å². The summed E-state index contributed by atoms with van der Waals surface area (Å²) in [7, 11) is 1.13. The zero-order valence-corrected chi connectivity index (χ0v) is 12.4. The SMILES string of the molecule is CO/N=C\C(=C/N(C)C)S(=O)(=O)c1ccc(Cl)cc1. The Hall–Kier alpha value is -1.53. The van der Waals surface area contributed by atoms with Crippen molar-refractivity contribution < 1.29 is 13.3 Å². The predicted molar refractivity (Wildman–Crippen MR) is 75.9 cm³/mol. The quantitative estimate of drug-likeness (QED) is 0.618. The van der Waals surface area contributed by atoms with Crippen LogP contribution in [0, 0.1) is 0 Å². The fraction of sp³-hybridized carbons (Fsp3) is 0.250. The molecule has 1 rings (SSSR count). The lowest BCUT2D eigenvalue weighted by molar-refractivity contribution is 0.215. The Balaban J connectivity index is 3.27. The van der Waals surface area contributed by atoms with Crippen molar-refractivity contribution in [3.8, 4) is 0 Å². The van der Waals surface area contributed by atoms with E-state index >= 15 is 0 Å². The minimum absolute atomic E-state index is 0.0293. The number of benzene rings is 1. The Morgan fingerprint density at radius 2 is 1.89 bits per heavy atom. The molecule has 0 saturated carbocycles. The molecule has 0 aliphatic heterocycles. The van der Waals surface area contributed by atoms with Gasteiger partial charge in [0, 0.05) is 25.3 Å². The number of oxime groups is 1. The van der Waals surface area contributed by atoms with Gasteiger partial charge in [0.15, 0.2) is 0 Å². The third-order valence-corrected chi connectivity index (χ3v) is 4.08. The summed E-state index contributed by atoms with van der Waals surface area (Å²) in [5, 5.41) is 3.98. The number of sulfone groups is 1. The van der Waals surface area contributed by atoms with Crippen LogP contribution >= 0.6 is 11.6 Å². The third kappa shape index (κ3) is 4.25. The van der Waals surface area contributed by atoms with E-state index in [9.17, 15) is 8.42 Å². The first kappa shape index (κ1) is 15.5. The monoisotopic (exact) mass is 302 g/mol. The fourth-order valence-electron chi connectivity index (χ4n) is 1.28. The van der Waals surface area contributed by atoms with Crippen LogP contribution in [0.2, 0.25) is 5.02 Å². The molecule has 0 N–H and O–H groups in total. The van der Waals surface area contributed by atoms with Crippen molar-refractivity contribution in [3.63, 3.8) is 0 Å². The molecule has 0 fully saturated rings. The van der Waals surface area contributed by atoms with Crippen LogP contribution in [0.1, 0.15) is 0 Å². The summed E-state index contributed by atoms with van der Waals surface area (Å²) in [5.74, 6) is 0. The average molecular weight is 303 g/mol. The fourth-order valence-corrected chi connectivity index (χ4v) is 2.71. The summed E-state index contributed by atoms with van der Waals surface area (Å²) in [6.45, 7) is 0. The predicted octanol–water partition coefficient (Wildman–Crippen LogP) is 2.15. The molecule has 5 nitrogen and oxygen atoms in total. The molecule has 0 radical (unpaired) electrons. The van der Waals surface area contributed by atoms with E-state index in [1.54, 1.807) is 19.0 Å². The highest BCUT2D eigenvalue weighted by atomic mass is 35.5. The summed E-state index contributed by atoms with van der Waals surface area (Å²) in [4.78, 5) is 6.32. The van der Waals surface area contributed by atoms with Crippen molar-refractivity contribution >= 4 is 27.7 Å². The molecular formula is C12H15ClN2O3S. The largest absolute Gasteiger partial charge is 0.399 e. The Morgan fingerprint density at radius 3 is 2.37 bits per heavy atom. The highest BCUT2D eigenvalue weighted by molar-refractivity contribution is 7.96. The van der Waals surface area contributed by atoms with Gasteiger partial charge in [-0.3, -0.25) is 0 Å². The number of hydrogen-bond acceptors (Lipinski definition) is 5. The van der Waals surface area contributed by atoms with Gasteiger partial charge in [-0.2, -0.15) is 0 Å². The van der Waals surface area contributed by atoms with E-state index in [1.807, 2.05) is 0 Å². The molecule has 0 unspecified atom stereocenters. The van der Waals surface area contributed by atoms with Crippen LogP contribution in [-0.4, -0.2) is 40.7 Å². The van der Waals surface area contributed by atoms with E-state index in [0.717, 1.165) is 6.21 Å². The highest BCUT2D eigenvalue weighted by Crippen LogP contribution is 2.20. The van der Waals surface area contributed by atoms with Crippen LogP contribution < -0.4 is 0 Å². The Labute approximate surface area is 118 Å². The molecule has 0 bridgehead atoms. The molecule has 0 aromatic heterocycles. The van der Waals surface area contributed by atoms with Crippen LogP contribution in [0.15, 0.2) is 45.4 Å². The van der Waals surface area contributed by atoms with E-state index in [-0.39, 0.29) is 9.80 Å². The molecule has 1 aromatic rings. The molecule has 0 aliphatic carbocycles. The molecular weight excluding hydrogens is 288 g/mol. The molecule has 104 valence electrons. The maximum atomic E-state index is 12.4. The van der Waals surface area contributed by atoms with Gasteiger partial charge in [-0.1, -0.05) is 16.8 Å². The van der Waals surface area contributed by atoms with E-state index in [1.165, 1.54) is 37.6 Å². The summed E-state index contributed by atoms with van der Waals surface area (Å²) < 4.78 is 24.8. The summed E-state index contributed by atoms with van der Waals surface area (Å²) in [6, 6.07) is 5.94. The van der Waals surface area contributed by atoms with Crippen LogP contribution in [0.4, 0.5) is 0 Å². The van der Waals surface area contributed by atoms with Gasteiger partial charge in [-0.15, -0.1) is 0 Å². The van der Waals surface area contributed by atoms with E-state index < -0.39 is 9.84 Å². The number of halogens is 1.